The predicted molar refractivity (Wildman–Crippen MR) is 201 cm³/mol. The Balaban J connectivity index is 1.17. The number of para-hydroxylation sites is 2. The molecule has 2 aromatic carbocycles. The number of rotatable bonds is 12. The molecule has 12 nitrogen and oxygen atoms in total. The number of hydrogen-bond donors (Lipinski definition) is 4. The fourth-order valence-corrected chi connectivity index (χ4v) is 9.11. The number of alkyl halides is 5. The smallest absolute Gasteiger partial charge is 0.481 e. The number of anilines is 2. The van der Waals surface area contributed by atoms with Crippen LogP contribution in [-0.4, -0.2) is 59.3 Å². The third-order valence-electron chi connectivity index (χ3n) is 12.2. The van der Waals surface area contributed by atoms with Gasteiger partial charge < -0.3 is 35.3 Å². The molecule has 8 rings (SSSR count). The Morgan fingerprint density at radius 2 is 1.82 bits per heavy atom. The predicted octanol–water partition coefficient (Wildman–Crippen LogP) is 6.66. The molecule has 1 aromatic heterocycles. The van der Waals surface area contributed by atoms with Gasteiger partial charge in [0.2, 0.25) is 12.3 Å². The lowest BCUT2D eigenvalue weighted by Crippen LogP contribution is -2.63. The minimum atomic E-state index is -4.58. The van der Waals surface area contributed by atoms with E-state index in [0.29, 0.717) is 30.4 Å². The lowest BCUT2D eigenvalue weighted by molar-refractivity contribution is -0.185. The molecule has 5 aliphatic rings. The second-order valence-corrected chi connectivity index (χ2v) is 16.4. The third kappa shape index (κ3) is 7.69. The first-order chi connectivity index (χ1) is 26.8. The number of benzene rings is 2. The summed E-state index contributed by atoms with van der Waals surface area (Å²) in [6.07, 6.45) is -5.99. The Hall–Kier alpha value is -4.71. The quantitative estimate of drug-likeness (QED) is 0.118. The van der Waals surface area contributed by atoms with Gasteiger partial charge in [-0.25, -0.2) is 18.6 Å². The molecule has 1 saturated heterocycles. The van der Waals surface area contributed by atoms with Crippen molar-refractivity contribution in [2.45, 2.75) is 109 Å². The molecular formula is C39H46BF5N6O6. The summed E-state index contributed by atoms with van der Waals surface area (Å²) in [5, 5.41) is 11.1. The number of carbonyl (C=O) groups is 2. The van der Waals surface area contributed by atoms with Gasteiger partial charge in [-0.2, -0.15) is 13.2 Å². The molecule has 57 heavy (non-hydrogen) atoms. The van der Waals surface area contributed by atoms with Gasteiger partial charge in [-0.3, -0.25) is 14.2 Å². The highest BCUT2D eigenvalue weighted by Gasteiger charge is 2.67. The number of fused-ring (bicyclic) bond motifs is 1. The molecule has 3 amide bonds. The molecule has 2 unspecified atom stereocenters. The maximum Gasteiger partial charge on any atom is 0.481 e. The van der Waals surface area contributed by atoms with Gasteiger partial charge in [0.05, 0.1) is 47.2 Å². The molecule has 2 aliphatic heterocycles. The van der Waals surface area contributed by atoms with Crippen molar-refractivity contribution in [2.75, 3.05) is 17.2 Å². The summed E-state index contributed by atoms with van der Waals surface area (Å²) in [5.74, 6) is -1.18. The molecule has 3 aliphatic carbocycles. The van der Waals surface area contributed by atoms with Crippen molar-refractivity contribution in [2.24, 2.45) is 17.3 Å². The summed E-state index contributed by atoms with van der Waals surface area (Å²) in [4.78, 5) is 46.6. The van der Waals surface area contributed by atoms with E-state index in [1.807, 2.05) is 6.92 Å². The second kappa shape index (κ2) is 14.9. The van der Waals surface area contributed by atoms with Crippen LogP contribution in [0, 0.1) is 17.3 Å². The monoisotopic (exact) mass is 800 g/mol. The van der Waals surface area contributed by atoms with Crippen LogP contribution in [0.25, 0.3) is 0 Å². The summed E-state index contributed by atoms with van der Waals surface area (Å²) < 4.78 is 87.9. The molecule has 2 bridgehead atoms. The van der Waals surface area contributed by atoms with E-state index in [4.69, 9.17) is 14.0 Å². The summed E-state index contributed by atoms with van der Waals surface area (Å²) in [5.41, 5.74) is -3.38. The van der Waals surface area contributed by atoms with E-state index in [1.54, 1.807) is 38.1 Å². The molecule has 3 saturated carbocycles. The maximum absolute atomic E-state index is 14.4. The Bertz CT molecular complexity index is 2090. The number of carbonyl (C=O) groups excluding carboxylic acids is 2. The zero-order chi connectivity index (χ0) is 41.1. The number of ether oxygens (including phenoxy) is 1. The van der Waals surface area contributed by atoms with Crippen LogP contribution in [0.15, 0.2) is 59.5 Å². The van der Waals surface area contributed by atoms with Crippen molar-refractivity contribution in [1.82, 2.24) is 20.2 Å². The summed E-state index contributed by atoms with van der Waals surface area (Å²) in [7, 11) is -1.19. The van der Waals surface area contributed by atoms with Gasteiger partial charge in [-0.05, 0) is 80.7 Å². The lowest BCUT2D eigenvalue weighted by Gasteiger charge is -2.63. The molecule has 0 radical (unpaired) electrons. The first-order valence-electron chi connectivity index (χ1n) is 19.1. The van der Waals surface area contributed by atoms with E-state index in [1.165, 1.54) is 18.3 Å². The van der Waals surface area contributed by atoms with Gasteiger partial charge in [0, 0.05) is 19.4 Å². The maximum atomic E-state index is 14.4. The molecule has 3 aromatic rings. The van der Waals surface area contributed by atoms with E-state index in [-0.39, 0.29) is 47.5 Å². The molecule has 4 fully saturated rings. The molecule has 7 atom stereocenters. The topological polar surface area (TPSA) is 145 Å². The Morgan fingerprint density at radius 1 is 1.07 bits per heavy atom. The third-order valence-corrected chi connectivity index (χ3v) is 12.2. The molecular weight excluding hydrogens is 754 g/mol. The second-order valence-electron chi connectivity index (χ2n) is 16.4. The number of nitrogens with zero attached hydrogens (tertiary/aromatic N) is 2. The largest absolute Gasteiger partial charge is 0.492 e. The van der Waals surface area contributed by atoms with E-state index >= 15 is 0 Å². The zero-order valence-electron chi connectivity index (χ0n) is 32.2. The minimum Gasteiger partial charge on any atom is -0.492 e. The van der Waals surface area contributed by atoms with Crippen molar-refractivity contribution < 1.29 is 45.6 Å². The Morgan fingerprint density at radius 3 is 2.53 bits per heavy atom. The van der Waals surface area contributed by atoms with Crippen molar-refractivity contribution in [3.63, 3.8) is 0 Å². The summed E-state index contributed by atoms with van der Waals surface area (Å²) in [6.45, 7) is 9.74. The van der Waals surface area contributed by atoms with E-state index in [2.05, 4.69) is 40.1 Å². The van der Waals surface area contributed by atoms with Gasteiger partial charge in [-0.15, -0.1) is 0 Å². The first-order valence-corrected chi connectivity index (χ1v) is 19.1. The SMILES string of the molecule is CCOc1ccccc1NC(=O)N[C@]1(C)C[C@@H](C(=O)N[C@@H](CC(F)F)B2O[C@@H]3C4CC(C[C@]3(C)O2)C4(C)C)n2c1ncc(NCc1cccc(C(F)(F)F)c1)c2=O. The van der Waals surface area contributed by atoms with E-state index in [9.17, 15) is 36.3 Å². The first kappa shape index (κ1) is 40.5. The van der Waals surface area contributed by atoms with Crippen LogP contribution in [0.3, 0.4) is 0 Å². The molecule has 0 spiro atoms. The number of aromatic nitrogens is 2. The van der Waals surface area contributed by atoms with Gasteiger partial charge in [0.25, 0.3) is 5.56 Å². The minimum absolute atomic E-state index is 0.00661. The number of halogens is 5. The van der Waals surface area contributed by atoms with Crippen molar-refractivity contribution in [3.05, 3.63) is 82.0 Å². The number of hydrogen-bond acceptors (Lipinski definition) is 8. The van der Waals surface area contributed by atoms with Crippen LogP contribution in [-0.2, 0) is 32.4 Å². The molecule has 3 heterocycles. The van der Waals surface area contributed by atoms with Crippen LogP contribution >= 0.6 is 0 Å². The van der Waals surface area contributed by atoms with Gasteiger partial charge >= 0.3 is 19.3 Å². The van der Waals surface area contributed by atoms with Crippen LogP contribution in [0.1, 0.15) is 83.3 Å². The number of urea groups is 1. The van der Waals surface area contributed by atoms with Crippen LogP contribution in [0.4, 0.5) is 38.1 Å². The molecule has 4 N–H and O–H groups in total. The zero-order valence-corrected chi connectivity index (χ0v) is 32.2. The number of amides is 3. The van der Waals surface area contributed by atoms with Gasteiger partial charge in [0.15, 0.2) is 0 Å². The summed E-state index contributed by atoms with van der Waals surface area (Å²) >= 11 is 0. The highest BCUT2D eigenvalue weighted by molar-refractivity contribution is 6.48. The van der Waals surface area contributed by atoms with Crippen LogP contribution < -0.4 is 31.6 Å². The average Bonchev–Trinajstić information content (AvgIpc) is 3.66. The summed E-state index contributed by atoms with van der Waals surface area (Å²) in [6, 6.07) is 9.24. The van der Waals surface area contributed by atoms with Crippen molar-refractivity contribution in [3.8, 4) is 5.75 Å². The molecule has 18 heteroatoms. The van der Waals surface area contributed by atoms with Gasteiger partial charge in [-0.1, -0.05) is 38.1 Å². The molecule has 306 valence electrons. The Kier molecular flexibility index (Phi) is 10.6. The standard InChI is InChI=1S/C39H46BF5N6O6/c1-6-55-28-13-8-7-12-25(28)48-35(54)50-37(4)18-27(51-33(53)26(20-47-34(37)51)46-19-21-10-9-11-22(14-21)39(43,44)45)32(52)49-29(16-30(41)42)40-56-31-24-15-23(36(24,2)3)17-38(31,5)57-40/h7-14,20,23-24,27,29-31,46H,6,15-19H2,1-5H3,(H,49,52)(H2,48,50,54)/t23?,24?,27-,29-,31+,37+,38-/m0/s1. The average molecular weight is 801 g/mol. The van der Waals surface area contributed by atoms with Crippen LogP contribution in [0.2, 0.25) is 0 Å². The van der Waals surface area contributed by atoms with Gasteiger partial charge in [0.1, 0.15) is 23.3 Å². The normalized spacial score (nSPS) is 27.5. The highest BCUT2D eigenvalue weighted by Crippen LogP contribution is 2.64. The fourth-order valence-electron chi connectivity index (χ4n) is 9.11. The number of nitrogens with one attached hydrogen (secondary N) is 4. The van der Waals surface area contributed by atoms with E-state index in [0.717, 1.165) is 23.1 Å². The van der Waals surface area contributed by atoms with Crippen molar-refractivity contribution >= 4 is 30.4 Å². The fraction of sp³-hybridized carbons (Fsp3) is 0.538. The Labute approximate surface area is 326 Å². The lowest BCUT2D eigenvalue weighted by atomic mass is 9.45. The highest BCUT2D eigenvalue weighted by atomic mass is 19.4. The van der Waals surface area contributed by atoms with Crippen LogP contribution in [0.5, 0.6) is 5.75 Å². The van der Waals surface area contributed by atoms with E-state index < -0.39 is 72.3 Å². The van der Waals surface area contributed by atoms with Crippen molar-refractivity contribution in [1.29, 1.82) is 0 Å².